The molecule has 1 aromatic rings. The highest BCUT2D eigenvalue weighted by molar-refractivity contribution is 7.14. The SMILES string of the molecule is CC(C)[NH+]1CCc2sc(C(=O)[O-])cc2C1. The molecule has 0 aromatic carbocycles. The molecular formula is C11H15NO2S. The van der Waals surface area contributed by atoms with E-state index in [4.69, 9.17) is 0 Å². The van der Waals surface area contributed by atoms with Crippen LogP contribution in [0.25, 0.3) is 0 Å². The van der Waals surface area contributed by atoms with Crippen molar-refractivity contribution in [2.45, 2.75) is 32.9 Å². The maximum absolute atomic E-state index is 10.7. The lowest BCUT2D eigenvalue weighted by Crippen LogP contribution is -3.14. The van der Waals surface area contributed by atoms with E-state index in [1.54, 1.807) is 6.07 Å². The second kappa shape index (κ2) is 3.94. The van der Waals surface area contributed by atoms with Gasteiger partial charge in [0.25, 0.3) is 0 Å². The molecule has 82 valence electrons. The fourth-order valence-corrected chi connectivity index (χ4v) is 3.04. The highest BCUT2D eigenvalue weighted by Gasteiger charge is 2.23. The molecule has 3 nitrogen and oxygen atoms in total. The van der Waals surface area contributed by atoms with E-state index in [1.165, 1.54) is 26.7 Å². The molecule has 0 fully saturated rings. The summed E-state index contributed by atoms with van der Waals surface area (Å²) in [5, 5.41) is 10.7. The average molecular weight is 225 g/mol. The number of carboxylic acids is 1. The molecule has 0 radical (unpaired) electrons. The van der Waals surface area contributed by atoms with Crippen LogP contribution >= 0.6 is 11.3 Å². The van der Waals surface area contributed by atoms with Crippen molar-refractivity contribution < 1.29 is 14.8 Å². The van der Waals surface area contributed by atoms with Crippen molar-refractivity contribution in [3.63, 3.8) is 0 Å². The van der Waals surface area contributed by atoms with Gasteiger partial charge in [-0.1, -0.05) is 0 Å². The van der Waals surface area contributed by atoms with E-state index in [9.17, 15) is 9.90 Å². The van der Waals surface area contributed by atoms with Crippen molar-refractivity contribution in [1.29, 1.82) is 0 Å². The standard InChI is InChI=1S/C11H15NO2S/c1-7(2)12-4-3-9-8(6-12)5-10(15-9)11(13)14/h5,7H,3-4,6H2,1-2H3,(H,13,14). The number of nitrogens with one attached hydrogen (secondary N) is 1. The molecule has 15 heavy (non-hydrogen) atoms. The molecule has 0 spiro atoms. The summed E-state index contributed by atoms with van der Waals surface area (Å²) in [7, 11) is 0. The first-order chi connectivity index (χ1) is 7.08. The summed E-state index contributed by atoms with van der Waals surface area (Å²) in [6.45, 7) is 6.47. The van der Waals surface area contributed by atoms with Gasteiger partial charge in [0.05, 0.1) is 23.4 Å². The van der Waals surface area contributed by atoms with Crippen molar-refractivity contribution in [2.24, 2.45) is 0 Å². The Morgan fingerprint density at radius 3 is 2.93 bits per heavy atom. The van der Waals surface area contributed by atoms with Crippen LogP contribution in [-0.4, -0.2) is 18.6 Å². The van der Waals surface area contributed by atoms with Crippen molar-refractivity contribution in [2.75, 3.05) is 6.54 Å². The Bertz CT molecular complexity index is 384. The molecule has 0 saturated carbocycles. The quantitative estimate of drug-likeness (QED) is 0.735. The highest BCUT2D eigenvalue weighted by Crippen LogP contribution is 2.23. The zero-order valence-corrected chi connectivity index (χ0v) is 9.82. The summed E-state index contributed by atoms with van der Waals surface area (Å²) in [5.74, 6) is -1.04. The molecular weight excluding hydrogens is 210 g/mol. The molecule has 0 amide bonds. The van der Waals surface area contributed by atoms with Crippen molar-refractivity contribution in [3.05, 3.63) is 21.4 Å². The molecule has 4 heteroatoms. The Balaban J connectivity index is 2.23. The third-order valence-electron chi connectivity index (χ3n) is 3.01. The minimum absolute atomic E-state index is 0.380. The van der Waals surface area contributed by atoms with Crippen LogP contribution in [0.4, 0.5) is 0 Å². The van der Waals surface area contributed by atoms with Gasteiger partial charge in [-0.15, -0.1) is 11.3 Å². The zero-order chi connectivity index (χ0) is 11.0. The Kier molecular flexibility index (Phi) is 2.80. The minimum atomic E-state index is -1.04. The first-order valence-corrected chi connectivity index (χ1v) is 6.07. The maximum atomic E-state index is 10.7. The van der Waals surface area contributed by atoms with Crippen LogP contribution < -0.4 is 10.0 Å². The number of fused-ring (bicyclic) bond motifs is 1. The van der Waals surface area contributed by atoms with Gasteiger partial charge in [0.2, 0.25) is 0 Å². The molecule has 1 unspecified atom stereocenters. The van der Waals surface area contributed by atoms with Crippen LogP contribution in [0.15, 0.2) is 6.07 Å². The fraction of sp³-hybridized carbons (Fsp3) is 0.545. The number of thiophene rings is 1. The van der Waals surface area contributed by atoms with Crippen molar-refractivity contribution in [1.82, 2.24) is 0 Å². The molecule has 2 rings (SSSR count). The van der Waals surface area contributed by atoms with E-state index in [1.807, 2.05) is 0 Å². The molecule has 0 saturated heterocycles. The van der Waals surface area contributed by atoms with Crippen LogP contribution in [-0.2, 0) is 13.0 Å². The normalized spacial score (nSPS) is 20.3. The maximum Gasteiger partial charge on any atom is 0.104 e. The Morgan fingerprint density at radius 2 is 2.33 bits per heavy atom. The van der Waals surface area contributed by atoms with Crippen molar-refractivity contribution in [3.8, 4) is 0 Å². The summed E-state index contributed by atoms with van der Waals surface area (Å²) >= 11 is 1.38. The monoisotopic (exact) mass is 225 g/mol. The molecule has 0 bridgehead atoms. The van der Waals surface area contributed by atoms with Crippen LogP contribution in [0, 0.1) is 0 Å². The number of quaternary nitrogens is 1. The van der Waals surface area contributed by atoms with E-state index < -0.39 is 5.97 Å². The number of rotatable bonds is 2. The zero-order valence-electron chi connectivity index (χ0n) is 9.00. The number of hydrogen-bond donors (Lipinski definition) is 1. The lowest BCUT2D eigenvalue weighted by Gasteiger charge is -2.27. The second-order valence-corrected chi connectivity index (χ2v) is 5.47. The molecule has 1 aromatic heterocycles. The topological polar surface area (TPSA) is 44.6 Å². The van der Waals surface area contributed by atoms with Gasteiger partial charge in [-0.2, -0.15) is 0 Å². The van der Waals surface area contributed by atoms with Crippen LogP contribution in [0.1, 0.15) is 34.0 Å². The third kappa shape index (κ3) is 2.06. The number of aromatic carboxylic acids is 1. The summed E-state index contributed by atoms with van der Waals surface area (Å²) < 4.78 is 0. The van der Waals surface area contributed by atoms with Gasteiger partial charge in [0.1, 0.15) is 6.54 Å². The second-order valence-electron chi connectivity index (χ2n) is 4.34. The Morgan fingerprint density at radius 1 is 1.60 bits per heavy atom. The van der Waals surface area contributed by atoms with Gasteiger partial charge in [-0.05, 0) is 19.9 Å². The number of hydrogen-bond acceptors (Lipinski definition) is 3. The van der Waals surface area contributed by atoms with E-state index in [0.717, 1.165) is 19.5 Å². The van der Waals surface area contributed by atoms with Gasteiger partial charge in [0, 0.05) is 16.9 Å². The molecule has 0 aliphatic carbocycles. The lowest BCUT2D eigenvalue weighted by molar-refractivity contribution is -0.936. The minimum Gasteiger partial charge on any atom is -0.544 e. The first kappa shape index (κ1) is 10.6. The number of carboxylic acid groups (broad SMARTS) is 1. The first-order valence-electron chi connectivity index (χ1n) is 5.25. The summed E-state index contributed by atoms with van der Waals surface area (Å²) in [5.41, 5.74) is 1.20. The highest BCUT2D eigenvalue weighted by atomic mass is 32.1. The Labute approximate surface area is 93.3 Å². The van der Waals surface area contributed by atoms with Gasteiger partial charge >= 0.3 is 0 Å². The van der Waals surface area contributed by atoms with Crippen LogP contribution in [0.2, 0.25) is 0 Å². The van der Waals surface area contributed by atoms with Crippen LogP contribution in [0.3, 0.4) is 0 Å². The fourth-order valence-electron chi connectivity index (χ4n) is 2.03. The number of carbonyl (C=O) groups is 1. The van der Waals surface area contributed by atoms with Gasteiger partial charge in [-0.3, -0.25) is 0 Å². The van der Waals surface area contributed by atoms with Crippen LogP contribution in [0.5, 0.6) is 0 Å². The van der Waals surface area contributed by atoms with E-state index >= 15 is 0 Å². The summed E-state index contributed by atoms with van der Waals surface area (Å²) in [6.07, 6.45) is 1.00. The lowest BCUT2D eigenvalue weighted by atomic mass is 10.1. The Hall–Kier alpha value is -0.870. The number of carbonyl (C=O) groups excluding carboxylic acids is 1. The van der Waals surface area contributed by atoms with E-state index in [2.05, 4.69) is 13.8 Å². The molecule has 2 heterocycles. The molecule has 1 atom stereocenters. The molecule has 1 N–H and O–H groups in total. The van der Waals surface area contributed by atoms with Gasteiger partial charge in [-0.25, -0.2) is 0 Å². The smallest absolute Gasteiger partial charge is 0.104 e. The van der Waals surface area contributed by atoms with E-state index in [0.29, 0.717) is 10.9 Å². The predicted octanol–water partition coefficient (Wildman–Crippen LogP) is -0.539. The van der Waals surface area contributed by atoms with Gasteiger partial charge < -0.3 is 14.8 Å². The van der Waals surface area contributed by atoms with Gasteiger partial charge in [0.15, 0.2) is 0 Å². The average Bonchev–Trinajstić information content (AvgIpc) is 2.59. The van der Waals surface area contributed by atoms with Crippen molar-refractivity contribution >= 4 is 17.3 Å². The third-order valence-corrected chi connectivity index (χ3v) is 4.22. The largest absolute Gasteiger partial charge is 0.544 e. The molecule has 1 aliphatic rings. The summed E-state index contributed by atoms with van der Waals surface area (Å²) in [6, 6.07) is 2.39. The molecule has 1 aliphatic heterocycles. The van der Waals surface area contributed by atoms with E-state index in [-0.39, 0.29) is 0 Å². The summed E-state index contributed by atoms with van der Waals surface area (Å²) in [4.78, 5) is 13.9. The predicted molar refractivity (Wildman–Crippen MR) is 57.0 cm³/mol.